The molecule has 0 radical (unpaired) electrons. The van der Waals surface area contributed by atoms with Gasteiger partial charge in [0.2, 0.25) is 0 Å². The molecule has 1 aromatic rings. The number of thiocarbonyl (C=S) groups is 1. The highest BCUT2D eigenvalue weighted by atomic mass is 32.1. The van der Waals surface area contributed by atoms with Crippen molar-refractivity contribution >= 4 is 17.2 Å². The van der Waals surface area contributed by atoms with Crippen molar-refractivity contribution in [3.05, 3.63) is 35.1 Å². The summed E-state index contributed by atoms with van der Waals surface area (Å²) in [6, 6.07) is 4.55. The smallest absolute Gasteiger partial charge is 0.123 e. The lowest BCUT2D eigenvalue weighted by Gasteiger charge is -2.18. The van der Waals surface area contributed by atoms with Crippen molar-refractivity contribution in [2.45, 2.75) is 13.0 Å². The lowest BCUT2D eigenvalue weighted by atomic mass is 10.1. The van der Waals surface area contributed by atoms with Crippen molar-refractivity contribution in [3.63, 3.8) is 0 Å². The van der Waals surface area contributed by atoms with Gasteiger partial charge in [-0.1, -0.05) is 18.3 Å². The van der Waals surface area contributed by atoms with Gasteiger partial charge in [-0.3, -0.25) is 0 Å². The normalized spacial score (nSPS) is 10.9. The third-order valence-electron chi connectivity index (χ3n) is 2.67. The van der Waals surface area contributed by atoms with E-state index in [9.17, 15) is 4.39 Å². The molecule has 0 bridgehead atoms. The fraction of sp³-hybridized carbons (Fsp3) is 0.462. The van der Waals surface area contributed by atoms with Gasteiger partial charge in [0.25, 0.3) is 0 Å². The molecule has 3 nitrogen and oxygen atoms in total. The minimum absolute atomic E-state index is 0.231. The Morgan fingerprint density at radius 1 is 1.50 bits per heavy atom. The van der Waals surface area contributed by atoms with Gasteiger partial charge in [-0.2, -0.15) is 0 Å². The van der Waals surface area contributed by atoms with Gasteiger partial charge in [0, 0.05) is 32.4 Å². The standard InChI is InChI=1S/C13H19FN2OS/c1-16(6-3-7-17-2)9-10-4-5-11(14)8-12(10)13(15)18/h4-5,8H,3,6-7,9H2,1-2H3,(H2,15,18). The molecule has 0 heterocycles. The second-order valence-corrected chi connectivity index (χ2v) is 4.69. The molecular formula is C13H19FN2OS. The number of nitrogens with zero attached hydrogens (tertiary/aromatic N) is 1. The first-order chi connectivity index (χ1) is 8.54. The summed E-state index contributed by atoms with van der Waals surface area (Å²) in [6.07, 6.45) is 0.955. The quantitative estimate of drug-likeness (QED) is 0.607. The molecule has 0 aliphatic heterocycles. The van der Waals surface area contributed by atoms with Crippen LogP contribution in [0.4, 0.5) is 4.39 Å². The van der Waals surface area contributed by atoms with E-state index in [0.29, 0.717) is 12.1 Å². The Hall–Kier alpha value is -1.04. The van der Waals surface area contributed by atoms with Crippen molar-refractivity contribution in [1.82, 2.24) is 4.90 Å². The van der Waals surface area contributed by atoms with Crippen molar-refractivity contribution in [2.24, 2.45) is 5.73 Å². The summed E-state index contributed by atoms with van der Waals surface area (Å²) in [5, 5.41) is 0. The third-order valence-corrected chi connectivity index (χ3v) is 2.89. The summed E-state index contributed by atoms with van der Waals surface area (Å²) in [4.78, 5) is 2.36. The van der Waals surface area contributed by atoms with Crippen molar-refractivity contribution in [3.8, 4) is 0 Å². The number of hydrogen-bond acceptors (Lipinski definition) is 3. The predicted molar refractivity (Wildman–Crippen MR) is 75.1 cm³/mol. The number of nitrogens with two attached hydrogens (primary N) is 1. The van der Waals surface area contributed by atoms with E-state index < -0.39 is 0 Å². The molecule has 100 valence electrons. The largest absolute Gasteiger partial charge is 0.389 e. The lowest BCUT2D eigenvalue weighted by Crippen LogP contribution is -2.23. The van der Waals surface area contributed by atoms with Crippen LogP contribution in [-0.4, -0.2) is 37.2 Å². The molecule has 18 heavy (non-hydrogen) atoms. The van der Waals surface area contributed by atoms with Gasteiger partial charge in [-0.15, -0.1) is 0 Å². The zero-order valence-corrected chi connectivity index (χ0v) is 11.6. The molecule has 0 aromatic heterocycles. The van der Waals surface area contributed by atoms with E-state index >= 15 is 0 Å². The zero-order chi connectivity index (χ0) is 13.5. The summed E-state index contributed by atoms with van der Waals surface area (Å²) in [6.45, 7) is 2.33. The molecule has 2 N–H and O–H groups in total. The minimum atomic E-state index is -0.316. The Morgan fingerprint density at radius 2 is 2.22 bits per heavy atom. The molecule has 0 spiro atoms. The van der Waals surface area contributed by atoms with Gasteiger partial charge >= 0.3 is 0 Å². The predicted octanol–water partition coefficient (Wildman–Crippen LogP) is 1.93. The molecule has 0 unspecified atom stereocenters. The second kappa shape index (κ2) is 7.41. The summed E-state index contributed by atoms with van der Waals surface area (Å²) in [7, 11) is 3.69. The van der Waals surface area contributed by atoms with E-state index in [-0.39, 0.29) is 10.8 Å². The minimum Gasteiger partial charge on any atom is -0.389 e. The zero-order valence-electron chi connectivity index (χ0n) is 10.8. The Kier molecular flexibility index (Phi) is 6.18. The van der Waals surface area contributed by atoms with Crippen LogP contribution in [0.1, 0.15) is 17.5 Å². The highest BCUT2D eigenvalue weighted by Gasteiger charge is 2.09. The highest BCUT2D eigenvalue weighted by Crippen LogP contribution is 2.13. The van der Waals surface area contributed by atoms with Crippen LogP contribution in [0.25, 0.3) is 0 Å². The van der Waals surface area contributed by atoms with Crippen molar-refractivity contribution < 1.29 is 9.13 Å². The lowest BCUT2D eigenvalue weighted by molar-refractivity contribution is 0.178. The average Bonchev–Trinajstić information content (AvgIpc) is 2.31. The summed E-state index contributed by atoms with van der Waals surface area (Å²) < 4.78 is 18.2. The molecule has 0 saturated heterocycles. The van der Waals surface area contributed by atoms with Crippen LogP contribution >= 0.6 is 12.2 Å². The van der Waals surface area contributed by atoms with E-state index in [1.165, 1.54) is 12.1 Å². The SMILES string of the molecule is COCCCN(C)Cc1ccc(F)cc1C(N)=S. The van der Waals surface area contributed by atoms with Gasteiger partial charge in [0.15, 0.2) is 0 Å². The molecule has 0 aliphatic carbocycles. The van der Waals surface area contributed by atoms with E-state index in [1.54, 1.807) is 13.2 Å². The second-order valence-electron chi connectivity index (χ2n) is 4.25. The fourth-order valence-corrected chi connectivity index (χ4v) is 1.95. The monoisotopic (exact) mass is 270 g/mol. The Bertz CT molecular complexity index is 412. The van der Waals surface area contributed by atoms with Crippen LogP contribution in [0.2, 0.25) is 0 Å². The highest BCUT2D eigenvalue weighted by molar-refractivity contribution is 7.80. The first-order valence-electron chi connectivity index (χ1n) is 5.80. The molecule has 0 atom stereocenters. The van der Waals surface area contributed by atoms with Gasteiger partial charge in [0.05, 0.1) is 0 Å². The number of rotatable bonds is 7. The van der Waals surface area contributed by atoms with Gasteiger partial charge < -0.3 is 15.4 Å². The fourth-order valence-electron chi connectivity index (χ4n) is 1.76. The number of methoxy groups -OCH3 is 1. The van der Waals surface area contributed by atoms with E-state index in [2.05, 4.69) is 4.90 Å². The molecule has 0 aliphatic rings. The maximum atomic E-state index is 13.1. The van der Waals surface area contributed by atoms with Crippen molar-refractivity contribution in [1.29, 1.82) is 0 Å². The van der Waals surface area contributed by atoms with Crippen LogP contribution in [0.5, 0.6) is 0 Å². The van der Waals surface area contributed by atoms with Crippen LogP contribution in [0.3, 0.4) is 0 Å². The Labute approximate surface area is 113 Å². The average molecular weight is 270 g/mol. The number of ether oxygens (including phenoxy) is 1. The van der Waals surface area contributed by atoms with Crippen LogP contribution in [-0.2, 0) is 11.3 Å². The first kappa shape index (κ1) is 15.0. The van der Waals surface area contributed by atoms with Crippen LogP contribution in [0, 0.1) is 5.82 Å². The topological polar surface area (TPSA) is 38.5 Å². The first-order valence-corrected chi connectivity index (χ1v) is 6.21. The molecule has 0 amide bonds. The van der Waals surface area contributed by atoms with Gasteiger partial charge in [-0.05, 0) is 31.2 Å². The summed E-state index contributed by atoms with van der Waals surface area (Å²) in [5.74, 6) is -0.316. The van der Waals surface area contributed by atoms with Gasteiger partial charge in [-0.25, -0.2) is 4.39 Å². The maximum absolute atomic E-state index is 13.1. The number of benzene rings is 1. The maximum Gasteiger partial charge on any atom is 0.123 e. The third kappa shape index (κ3) is 4.68. The van der Waals surface area contributed by atoms with Crippen LogP contribution in [0.15, 0.2) is 18.2 Å². The van der Waals surface area contributed by atoms with Gasteiger partial charge in [0.1, 0.15) is 10.8 Å². The number of hydrogen-bond donors (Lipinski definition) is 1. The molecule has 0 fully saturated rings. The van der Waals surface area contributed by atoms with Crippen LogP contribution < -0.4 is 5.73 Å². The molecule has 1 aromatic carbocycles. The molecule has 1 rings (SSSR count). The van der Waals surface area contributed by atoms with Crippen molar-refractivity contribution in [2.75, 3.05) is 27.3 Å². The molecular weight excluding hydrogens is 251 g/mol. The Morgan fingerprint density at radius 3 is 2.83 bits per heavy atom. The van der Waals surface area contributed by atoms with E-state index in [0.717, 1.165) is 25.1 Å². The molecule has 0 saturated carbocycles. The summed E-state index contributed by atoms with van der Waals surface area (Å²) >= 11 is 4.94. The number of halogens is 1. The van der Waals surface area contributed by atoms with E-state index in [1.807, 2.05) is 7.05 Å². The Balaban J connectivity index is 2.68. The van der Waals surface area contributed by atoms with E-state index in [4.69, 9.17) is 22.7 Å². The summed E-state index contributed by atoms with van der Waals surface area (Å²) in [5.41, 5.74) is 7.17. The molecule has 5 heteroatoms.